The first-order valence-corrected chi connectivity index (χ1v) is 1.99. The zero-order chi connectivity index (χ0) is 4.83. The second-order valence-corrected chi connectivity index (χ2v) is 0.938. The van der Waals surface area contributed by atoms with Crippen LogP contribution < -0.4 is 5.32 Å². The average Bonchev–Trinajstić information content (AvgIpc) is 1.61. The Balaban J connectivity index is 0. The molecule has 0 saturated heterocycles. The summed E-state index contributed by atoms with van der Waals surface area (Å²) in [5, 5.41) is 10.7. The molecule has 0 radical (unpaired) electrons. The Hall–Kier alpha value is -0.550. The molecule has 0 aliphatic heterocycles. The minimum atomic E-state index is 0. The molecule has 1 N–H and O–H groups in total. The van der Waals surface area contributed by atoms with Gasteiger partial charge in [0.25, 0.3) is 0 Å². The summed E-state index contributed by atoms with van der Waals surface area (Å²) < 4.78 is 0. The molecule has 0 fully saturated rings. The Kier molecular flexibility index (Phi) is 4.04. The lowest BCUT2D eigenvalue weighted by molar-refractivity contribution is 0.805. The summed E-state index contributed by atoms with van der Waals surface area (Å²) in [6.45, 7) is 3.32. The van der Waals surface area contributed by atoms with Crippen molar-refractivity contribution < 1.29 is 1.43 Å². The maximum atomic E-state index is 7.88. The van der Waals surface area contributed by atoms with E-state index in [4.69, 9.17) is 5.26 Å². The van der Waals surface area contributed by atoms with Crippen LogP contribution in [-0.4, -0.2) is 13.1 Å². The Labute approximate surface area is 39.3 Å². The number of rotatable bonds is 2. The van der Waals surface area contributed by atoms with E-state index in [1.54, 1.807) is 0 Å². The molecule has 0 amide bonds. The number of hydrogen-bond acceptors (Lipinski definition) is 2. The van der Waals surface area contributed by atoms with Gasteiger partial charge in [0, 0.05) is 1.43 Å². The molecule has 0 unspecified atom stereocenters. The van der Waals surface area contributed by atoms with Gasteiger partial charge in [-0.2, -0.15) is 5.26 Å². The summed E-state index contributed by atoms with van der Waals surface area (Å²) in [6, 6.07) is 1.96. The summed E-state index contributed by atoms with van der Waals surface area (Å²) in [6.07, 6.45) is 0. The predicted octanol–water partition coefficient (Wildman–Crippen LogP) is 0.365. The molecule has 2 heteroatoms. The topological polar surface area (TPSA) is 35.8 Å². The van der Waals surface area contributed by atoms with Crippen LogP contribution in [0.5, 0.6) is 0 Å². The van der Waals surface area contributed by atoms with Crippen molar-refractivity contribution in [2.45, 2.75) is 6.92 Å². The maximum absolute atomic E-state index is 7.88. The summed E-state index contributed by atoms with van der Waals surface area (Å²) in [5.41, 5.74) is 0. The lowest BCUT2D eigenvalue weighted by atomic mass is 10.7. The second-order valence-electron chi connectivity index (χ2n) is 0.938. The van der Waals surface area contributed by atoms with Crippen LogP contribution in [0.2, 0.25) is 0 Å². The van der Waals surface area contributed by atoms with Gasteiger partial charge in [-0.3, -0.25) is 0 Å². The third-order valence-corrected chi connectivity index (χ3v) is 0.454. The smallest absolute Gasteiger partial charge is 0.0840 e. The van der Waals surface area contributed by atoms with E-state index in [1.165, 1.54) is 0 Å². The third-order valence-electron chi connectivity index (χ3n) is 0.454. The molecule has 0 aromatic rings. The van der Waals surface area contributed by atoms with E-state index in [1.807, 2.05) is 13.0 Å². The van der Waals surface area contributed by atoms with Crippen molar-refractivity contribution in [3.8, 4) is 6.07 Å². The fourth-order valence-electron chi connectivity index (χ4n) is 0.181. The van der Waals surface area contributed by atoms with E-state index in [0.29, 0.717) is 6.54 Å². The molecule has 0 aliphatic carbocycles. The van der Waals surface area contributed by atoms with Gasteiger partial charge in [0.1, 0.15) is 0 Å². The lowest BCUT2D eigenvalue weighted by Gasteiger charge is -1.84. The molecule has 0 bridgehead atoms. The van der Waals surface area contributed by atoms with Crippen molar-refractivity contribution in [2.75, 3.05) is 13.1 Å². The molecule has 0 aliphatic rings. The average molecular weight is 86.1 g/mol. The van der Waals surface area contributed by atoms with Crippen LogP contribution in [0.15, 0.2) is 0 Å². The fourth-order valence-corrected chi connectivity index (χ4v) is 0.181. The highest BCUT2D eigenvalue weighted by Crippen LogP contribution is 1.49. The Morgan fingerprint density at radius 3 is 2.83 bits per heavy atom. The minimum Gasteiger partial charge on any atom is -0.305 e. The van der Waals surface area contributed by atoms with Crippen LogP contribution in [0.25, 0.3) is 0 Å². The van der Waals surface area contributed by atoms with E-state index in [9.17, 15) is 0 Å². The first-order chi connectivity index (χ1) is 2.91. The van der Waals surface area contributed by atoms with E-state index in [0.717, 1.165) is 6.54 Å². The van der Waals surface area contributed by atoms with E-state index >= 15 is 0 Å². The van der Waals surface area contributed by atoms with Crippen LogP contribution in [0.1, 0.15) is 8.35 Å². The lowest BCUT2D eigenvalue weighted by Crippen LogP contribution is -2.11. The van der Waals surface area contributed by atoms with Crippen LogP contribution >= 0.6 is 0 Å². The van der Waals surface area contributed by atoms with Crippen LogP contribution in [0.4, 0.5) is 0 Å². The Bertz CT molecular complexity index is 57.2. The highest BCUT2D eigenvalue weighted by Gasteiger charge is 1.69. The molecule has 0 rings (SSSR count). The highest BCUT2D eigenvalue weighted by molar-refractivity contribution is 4.71. The van der Waals surface area contributed by atoms with Crippen molar-refractivity contribution in [1.29, 1.82) is 5.26 Å². The zero-order valence-electron chi connectivity index (χ0n) is 3.86. The van der Waals surface area contributed by atoms with Gasteiger partial charge in [-0.1, -0.05) is 6.92 Å². The van der Waals surface area contributed by atoms with Gasteiger partial charge >= 0.3 is 0 Å². The molecular formula is C4H10N2. The van der Waals surface area contributed by atoms with Crippen molar-refractivity contribution in [2.24, 2.45) is 0 Å². The molecule has 0 spiro atoms. The second kappa shape index (κ2) is 4.45. The van der Waals surface area contributed by atoms with Gasteiger partial charge in [-0.15, -0.1) is 0 Å². The molecule has 0 heterocycles. The van der Waals surface area contributed by atoms with Gasteiger partial charge in [-0.25, -0.2) is 0 Å². The summed E-state index contributed by atoms with van der Waals surface area (Å²) in [4.78, 5) is 0. The van der Waals surface area contributed by atoms with E-state index < -0.39 is 0 Å². The van der Waals surface area contributed by atoms with Gasteiger partial charge in [0.2, 0.25) is 0 Å². The largest absolute Gasteiger partial charge is 0.305 e. The zero-order valence-corrected chi connectivity index (χ0v) is 3.86. The van der Waals surface area contributed by atoms with E-state index in [2.05, 4.69) is 5.32 Å². The minimum absolute atomic E-state index is 0. The first-order valence-electron chi connectivity index (χ1n) is 1.99. The molecular weight excluding hydrogens is 76.1 g/mol. The summed E-state index contributed by atoms with van der Waals surface area (Å²) >= 11 is 0. The number of nitrogens with zero attached hydrogens (tertiary/aromatic N) is 1. The van der Waals surface area contributed by atoms with Crippen molar-refractivity contribution in [3.63, 3.8) is 0 Å². The van der Waals surface area contributed by atoms with E-state index in [-0.39, 0.29) is 1.43 Å². The number of nitrogens with one attached hydrogen (secondary N) is 1. The van der Waals surface area contributed by atoms with Crippen LogP contribution in [0.3, 0.4) is 0 Å². The molecule has 36 valence electrons. The van der Waals surface area contributed by atoms with Gasteiger partial charge in [-0.05, 0) is 6.54 Å². The van der Waals surface area contributed by atoms with Gasteiger partial charge < -0.3 is 5.32 Å². The third kappa shape index (κ3) is 3.45. The van der Waals surface area contributed by atoms with Gasteiger partial charge in [0.05, 0.1) is 12.6 Å². The number of nitriles is 1. The Morgan fingerprint density at radius 2 is 2.67 bits per heavy atom. The molecule has 0 atom stereocenters. The molecule has 6 heavy (non-hydrogen) atoms. The maximum Gasteiger partial charge on any atom is 0.0840 e. The normalized spacial score (nSPS) is 7.33. The van der Waals surface area contributed by atoms with Gasteiger partial charge in [0.15, 0.2) is 0 Å². The standard InChI is InChI=1S/C4H8N2.H2/c1-2-6-4-3-5;/h6H,2,4H2,1H3;1H. The molecule has 2 nitrogen and oxygen atoms in total. The number of hydrogen-bond donors (Lipinski definition) is 1. The SMILES string of the molecule is CCNCC#N.[HH]. The van der Waals surface area contributed by atoms with Crippen LogP contribution in [0, 0.1) is 11.3 Å². The monoisotopic (exact) mass is 86.1 g/mol. The summed E-state index contributed by atoms with van der Waals surface area (Å²) in [5.74, 6) is 0. The Morgan fingerprint density at radius 1 is 2.00 bits per heavy atom. The quantitative estimate of drug-likeness (QED) is 0.389. The molecule has 0 saturated carbocycles. The molecule has 0 aromatic carbocycles. The first kappa shape index (κ1) is 5.45. The van der Waals surface area contributed by atoms with Crippen molar-refractivity contribution in [3.05, 3.63) is 0 Å². The predicted molar refractivity (Wildman–Crippen MR) is 26.3 cm³/mol. The van der Waals surface area contributed by atoms with Crippen molar-refractivity contribution >= 4 is 0 Å². The molecule has 0 aromatic heterocycles. The van der Waals surface area contributed by atoms with Crippen LogP contribution in [-0.2, 0) is 0 Å². The fraction of sp³-hybridized carbons (Fsp3) is 0.750. The summed E-state index contributed by atoms with van der Waals surface area (Å²) in [7, 11) is 0. The van der Waals surface area contributed by atoms with Crippen molar-refractivity contribution in [1.82, 2.24) is 5.32 Å². The highest BCUT2D eigenvalue weighted by atomic mass is 14.8.